The molecule has 2 aliphatic rings. The Morgan fingerprint density at radius 3 is 2.73 bits per heavy atom. The third-order valence-corrected chi connectivity index (χ3v) is 7.87. The SMILES string of the molecule is Cc1ccccc1[P@]1(=O)C[C@H]2C[C@@]2(C)C1. The van der Waals surface area contributed by atoms with Crippen LogP contribution in [0.3, 0.4) is 0 Å². The topological polar surface area (TPSA) is 17.1 Å². The molecule has 80 valence electrons. The van der Waals surface area contributed by atoms with Gasteiger partial charge in [-0.05, 0) is 30.2 Å². The molecule has 1 aromatic carbocycles. The summed E-state index contributed by atoms with van der Waals surface area (Å²) in [5, 5.41) is 1.15. The van der Waals surface area contributed by atoms with Crippen LogP contribution in [-0.2, 0) is 4.57 Å². The summed E-state index contributed by atoms with van der Waals surface area (Å²) in [7, 11) is -2.03. The number of hydrogen-bond donors (Lipinski definition) is 0. The molecule has 0 N–H and O–H groups in total. The van der Waals surface area contributed by atoms with Gasteiger partial charge in [0, 0.05) is 17.6 Å². The number of fused-ring (bicyclic) bond motifs is 1. The standard InChI is InChI=1S/C13H17OP/c1-10-5-3-4-6-12(10)15(14)8-11-7-13(11,2)9-15/h3-6,11H,7-9H2,1-2H3/t11-,13+,15+/m1/s1. The predicted octanol–water partition coefficient (Wildman–Crippen LogP) is 3.02. The van der Waals surface area contributed by atoms with Crippen molar-refractivity contribution in [1.82, 2.24) is 0 Å². The monoisotopic (exact) mass is 220 g/mol. The van der Waals surface area contributed by atoms with Crippen molar-refractivity contribution in [3.63, 3.8) is 0 Å². The molecule has 0 amide bonds. The Morgan fingerprint density at radius 1 is 1.40 bits per heavy atom. The lowest BCUT2D eigenvalue weighted by Crippen LogP contribution is -2.13. The van der Waals surface area contributed by atoms with Gasteiger partial charge in [-0.15, -0.1) is 0 Å². The Bertz CT molecular complexity index is 465. The van der Waals surface area contributed by atoms with Gasteiger partial charge in [-0.3, -0.25) is 0 Å². The van der Waals surface area contributed by atoms with E-state index in [4.69, 9.17) is 0 Å². The van der Waals surface area contributed by atoms with Gasteiger partial charge in [0.15, 0.2) is 0 Å². The van der Waals surface area contributed by atoms with Gasteiger partial charge in [0.1, 0.15) is 7.14 Å². The van der Waals surface area contributed by atoms with E-state index in [-0.39, 0.29) is 0 Å². The summed E-state index contributed by atoms with van der Waals surface area (Å²) in [4.78, 5) is 0. The number of rotatable bonds is 1. The molecule has 1 nitrogen and oxygen atoms in total. The predicted molar refractivity (Wildman–Crippen MR) is 64.4 cm³/mol. The maximum Gasteiger partial charge on any atom is 0.116 e. The van der Waals surface area contributed by atoms with Crippen molar-refractivity contribution >= 4 is 12.4 Å². The van der Waals surface area contributed by atoms with E-state index in [2.05, 4.69) is 26.0 Å². The van der Waals surface area contributed by atoms with Gasteiger partial charge in [-0.25, -0.2) is 0 Å². The highest BCUT2D eigenvalue weighted by Gasteiger charge is 2.61. The summed E-state index contributed by atoms with van der Waals surface area (Å²) in [5.74, 6) is 0.753. The molecule has 1 heterocycles. The molecule has 0 radical (unpaired) electrons. The molecule has 15 heavy (non-hydrogen) atoms. The van der Waals surface area contributed by atoms with Crippen molar-refractivity contribution in [2.24, 2.45) is 11.3 Å². The molecule has 0 spiro atoms. The Kier molecular flexibility index (Phi) is 1.78. The smallest absolute Gasteiger partial charge is 0.116 e. The molecular weight excluding hydrogens is 203 g/mol. The molecule has 3 atom stereocenters. The summed E-state index contributed by atoms with van der Waals surface area (Å²) < 4.78 is 12.9. The van der Waals surface area contributed by atoms with Gasteiger partial charge in [0.05, 0.1) is 0 Å². The Labute approximate surface area is 91.3 Å². The maximum atomic E-state index is 12.9. The van der Waals surface area contributed by atoms with Crippen LogP contribution in [-0.4, -0.2) is 12.3 Å². The second-order valence-electron chi connectivity index (χ2n) is 5.57. The van der Waals surface area contributed by atoms with E-state index in [9.17, 15) is 4.57 Å². The molecule has 1 aliphatic carbocycles. The minimum Gasteiger partial charge on any atom is -0.319 e. The fraction of sp³-hybridized carbons (Fsp3) is 0.538. The Morgan fingerprint density at radius 2 is 2.13 bits per heavy atom. The van der Waals surface area contributed by atoms with Gasteiger partial charge < -0.3 is 4.57 Å². The molecule has 2 heteroatoms. The highest BCUT2D eigenvalue weighted by atomic mass is 31.2. The van der Waals surface area contributed by atoms with E-state index in [0.717, 1.165) is 23.5 Å². The highest BCUT2D eigenvalue weighted by Crippen LogP contribution is 2.72. The van der Waals surface area contributed by atoms with Crippen molar-refractivity contribution < 1.29 is 4.57 Å². The largest absolute Gasteiger partial charge is 0.319 e. The zero-order valence-electron chi connectivity index (χ0n) is 9.36. The maximum absolute atomic E-state index is 12.9. The summed E-state index contributed by atoms with van der Waals surface area (Å²) in [6.45, 7) is 4.39. The zero-order valence-corrected chi connectivity index (χ0v) is 10.3. The van der Waals surface area contributed by atoms with Crippen molar-refractivity contribution in [3.05, 3.63) is 29.8 Å². The van der Waals surface area contributed by atoms with E-state index in [1.807, 2.05) is 12.1 Å². The molecular formula is C13H17OP. The van der Waals surface area contributed by atoms with Gasteiger partial charge in [-0.1, -0.05) is 31.2 Å². The number of benzene rings is 1. The fourth-order valence-corrected chi connectivity index (χ4v) is 7.60. The van der Waals surface area contributed by atoms with Crippen molar-refractivity contribution in [2.45, 2.75) is 20.3 Å². The van der Waals surface area contributed by atoms with E-state index >= 15 is 0 Å². The molecule has 1 saturated carbocycles. The molecule has 2 fully saturated rings. The average Bonchev–Trinajstić information content (AvgIpc) is 2.67. The first-order valence-corrected chi connectivity index (χ1v) is 7.76. The van der Waals surface area contributed by atoms with E-state index in [0.29, 0.717) is 5.41 Å². The summed E-state index contributed by atoms with van der Waals surface area (Å²) in [5.41, 5.74) is 1.64. The summed E-state index contributed by atoms with van der Waals surface area (Å²) >= 11 is 0. The first-order chi connectivity index (χ1) is 7.04. The van der Waals surface area contributed by atoms with Crippen LogP contribution in [0.25, 0.3) is 0 Å². The normalized spacial score (nSPS) is 42.7. The molecule has 1 aromatic rings. The molecule has 0 unspecified atom stereocenters. The third kappa shape index (κ3) is 1.33. The van der Waals surface area contributed by atoms with Gasteiger partial charge in [0.25, 0.3) is 0 Å². The zero-order chi connectivity index (χ0) is 10.7. The summed E-state index contributed by atoms with van der Waals surface area (Å²) in [6.07, 6.45) is 3.23. The number of aryl methyl sites for hydroxylation is 1. The minimum atomic E-state index is -2.03. The summed E-state index contributed by atoms with van der Waals surface area (Å²) in [6, 6.07) is 8.21. The lowest BCUT2D eigenvalue weighted by molar-refractivity contribution is 0.574. The first kappa shape index (κ1) is 9.66. The van der Waals surface area contributed by atoms with Gasteiger partial charge >= 0.3 is 0 Å². The lowest BCUT2D eigenvalue weighted by Gasteiger charge is -2.17. The lowest BCUT2D eigenvalue weighted by atomic mass is 10.1. The second-order valence-corrected chi connectivity index (χ2v) is 8.51. The van der Waals surface area contributed by atoms with E-state index in [1.54, 1.807) is 0 Å². The molecule has 0 bridgehead atoms. The highest BCUT2D eigenvalue weighted by molar-refractivity contribution is 7.72. The molecule has 1 aliphatic heterocycles. The van der Waals surface area contributed by atoms with Crippen molar-refractivity contribution in [3.8, 4) is 0 Å². The first-order valence-electron chi connectivity index (χ1n) is 5.68. The van der Waals surface area contributed by atoms with Crippen LogP contribution < -0.4 is 5.30 Å². The Hall–Kier alpha value is -0.550. The van der Waals surface area contributed by atoms with Crippen LogP contribution >= 0.6 is 7.14 Å². The quantitative estimate of drug-likeness (QED) is 0.665. The van der Waals surface area contributed by atoms with Crippen molar-refractivity contribution in [1.29, 1.82) is 0 Å². The molecule has 0 aromatic heterocycles. The minimum absolute atomic E-state index is 0.428. The van der Waals surface area contributed by atoms with Crippen LogP contribution in [0.5, 0.6) is 0 Å². The van der Waals surface area contributed by atoms with Crippen LogP contribution in [0.2, 0.25) is 0 Å². The van der Waals surface area contributed by atoms with Gasteiger partial charge in [0.2, 0.25) is 0 Å². The third-order valence-electron chi connectivity index (χ3n) is 4.22. The second kappa shape index (κ2) is 2.77. The van der Waals surface area contributed by atoms with Crippen molar-refractivity contribution in [2.75, 3.05) is 12.3 Å². The van der Waals surface area contributed by atoms with Crippen LogP contribution in [0.4, 0.5) is 0 Å². The van der Waals surface area contributed by atoms with Crippen LogP contribution in [0.1, 0.15) is 18.9 Å². The number of hydrogen-bond acceptors (Lipinski definition) is 1. The van der Waals surface area contributed by atoms with Gasteiger partial charge in [-0.2, -0.15) is 0 Å². The van der Waals surface area contributed by atoms with E-state index < -0.39 is 7.14 Å². The Balaban J connectivity index is 2.02. The fourth-order valence-electron chi connectivity index (χ4n) is 3.19. The van der Waals surface area contributed by atoms with Crippen LogP contribution in [0, 0.1) is 18.3 Å². The van der Waals surface area contributed by atoms with E-state index in [1.165, 1.54) is 12.0 Å². The molecule has 1 saturated heterocycles. The van der Waals surface area contributed by atoms with Crippen LogP contribution in [0.15, 0.2) is 24.3 Å². The molecule has 3 rings (SSSR count). The average molecular weight is 220 g/mol.